The summed E-state index contributed by atoms with van der Waals surface area (Å²) < 4.78 is 1.77. The van der Waals surface area contributed by atoms with E-state index < -0.39 is 11.9 Å². The summed E-state index contributed by atoms with van der Waals surface area (Å²) in [7, 11) is 1.85. The Morgan fingerprint density at radius 3 is 2.90 bits per heavy atom. The second kappa shape index (κ2) is 5.14. The lowest BCUT2D eigenvalue weighted by Crippen LogP contribution is -2.39. The van der Waals surface area contributed by atoms with E-state index in [0.29, 0.717) is 11.3 Å². The molecule has 1 aliphatic rings. The molecule has 2 atom stereocenters. The van der Waals surface area contributed by atoms with Gasteiger partial charge in [0.25, 0.3) is 5.91 Å². The van der Waals surface area contributed by atoms with Gasteiger partial charge in [-0.1, -0.05) is 6.42 Å². The van der Waals surface area contributed by atoms with Gasteiger partial charge in [0.15, 0.2) is 0 Å². The van der Waals surface area contributed by atoms with Crippen LogP contribution < -0.4 is 5.32 Å². The van der Waals surface area contributed by atoms with Gasteiger partial charge in [-0.3, -0.25) is 14.3 Å². The first-order valence-electron chi connectivity index (χ1n) is 6.94. The number of nitrogens with zero attached hydrogens (tertiary/aromatic N) is 2. The van der Waals surface area contributed by atoms with Crippen LogP contribution in [0.1, 0.15) is 34.6 Å². The minimum Gasteiger partial charge on any atom is -0.481 e. The normalized spacial score (nSPS) is 21.8. The molecule has 1 aliphatic carbocycles. The number of carbonyl (C=O) groups is 2. The molecule has 1 amide bonds. The molecule has 3 rings (SSSR count). The number of carboxylic acids is 1. The van der Waals surface area contributed by atoms with Gasteiger partial charge >= 0.3 is 5.97 Å². The SMILES string of the molecule is Cc1nn(C)c2sc(C(=O)N[C@@H]3CCC[C@@H]3C(=O)O)cc12. The van der Waals surface area contributed by atoms with Crippen LogP contribution >= 0.6 is 11.3 Å². The van der Waals surface area contributed by atoms with E-state index >= 15 is 0 Å². The Morgan fingerprint density at radius 2 is 2.24 bits per heavy atom. The highest BCUT2D eigenvalue weighted by Crippen LogP contribution is 2.29. The second-order valence-electron chi connectivity index (χ2n) is 5.49. The molecule has 1 fully saturated rings. The van der Waals surface area contributed by atoms with E-state index in [0.717, 1.165) is 28.8 Å². The minimum atomic E-state index is -0.825. The minimum absolute atomic E-state index is 0.186. The highest BCUT2D eigenvalue weighted by Gasteiger charge is 2.34. The standard InChI is InChI=1S/C14H17N3O3S/c1-7-9-6-11(21-13(9)17(2)16-7)12(18)15-10-5-3-4-8(10)14(19)20/h6,8,10H,3-5H2,1-2H3,(H,15,18)(H,19,20)/t8-,10+/m0/s1. The number of fused-ring (bicyclic) bond motifs is 1. The summed E-state index contributed by atoms with van der Waals surface area (Å²) in [6, 6.07) is 1.57. The average Bonchev–Trinajstić information content (AvgIpc) is 3.08. The van der Waals surface area contributed by atoms with Crippen LogP contribution in [0.4, 0.5) is 0 Å². The van der Waals surface area contributed by atoms with Crippen LogP contribution in [0.5, 0.6) is 0 Å². The predicted octanol–water partition coefficient (Wildman–Crippen LogP) is 1.93. The highest BCUT2D eigenvalue weighted by atomic mass is 32.1. The van der Waals surface area contributed by atoms with Crippen molar-refractivity contribution in [1.29, 1.82) is 0 Å². The van der Waals surface area contributed by atoms with Crippen LogP contribution in [-0.4, -0.2) is 32.8 Å². The lowest BCUT2D eigenvalue weighted by molar-refractivity contribution is -0.142. The Kier molecular flexibility index (Phi) is 3.44. The molecule has 0 bridgehead atoms. The molecule has 112 valence electrons. The van der Waals surface area contributed by atoms with Crippen LogP contribution in [0.25, 0.3) is 10.2 Å². The van der Waals surface area contributed by atoms with Gasteiger partial charge < -0.3 is 10.4 Å². The van der Waals surface area contributed by atoms with Crippen LogP contribution in [0.2, 0.25) is 0 Å². The van der Waals surface area contributed by atoms with Gasteiger partial charge in [-0.15, -0.1) is 11.3 Å². The molecular weight excluding hydrogens is 290 g/mol. The molecule has 6 nitrogen and oxygen atoms in total. The number of aromatic nitrogens is 2. The Morgan fingerprint density at radius 1 is 1.48 bits per heavy atom. The van der Waals surface area contributed by atoms with E-state index in [4.69, 9.17) is 5.11 Å². The molecule has 1 saturated carbocycles. The largest absolute Gasteiger partial charge is 0.481 e. The first-order valence-corrected chi connectivity index (χ1v) is 7.76. The summed E-state index contributed by atoms with van der Waals surface area (Å²) in [5.74, 6) is -1.48. The van der Waals surface area contributed by atoms with Gasteiger partial charge in [0.05, 0.1) is 16.5 Å². The molecule has 0 unspecified atom stereocenters. The Labute approximate surface area is 125 Å². The Balaban J connectivity index is 1.81. The van der Waals surface area contributed by atoms with E-state index in [1.807, 2.05) is 20.0 Å². The third-order valence-corrected chi connectivity index (χ3v) is 5.27. The third-order valence-electron chi connectivity index (χ3n) is 4.07. The predicted molar refractivity (Wildman–Crippen MR) is 79.6 cm³/mol. The van der Waals surface area contributed by atoms with Crippen LogP contribution in [-0.2, 0) is 11.8 Å². The molecule has 0 saturated heterocycles. The van der Waals surface area contributed by atoms with E-state index in [9.17, 15) is 9.59 Å². The fourth-order valence-corrected chi connectivity index (χ4v) is 4.01. The Bertz CT molecular complexity index is 684. The van der Waals surface area contributed by atoms with Crippen molar-refractivity contribution < 1.29 is 14.7 Å². The average molecular weight is 307 g/mol. The van der Waals surface area contributed by atoms with Crippen molar-refractivity contribution in [3.05, 3.63) is 16.6 Å². The summed E-state index contributed by atoms with van der Waals surface area (Å²) in [6.07, 6.45) is 2.21. The first-order chi connectivity index (χ1) is 9.97. The molecular formula is C14H17N3O3S. The van der Waals surface area contributed by atoms with Gasteiger partial charge in [0.1, 0.15) is 4.83 Å². The third kappa shape index (κ3) is 2.42. The van der Waals surface area contributed by atoms with Crippen molar-refractivity contribution in [1.82, 2.24) is 15.1 Å². The lowest BCUT2D eigenvalue weighted by atomic mass is 10.0. The quantitative estimate of drug-likeness (QED) is 0.907. The van der Waals surface area contributed by atoms with E-state index in [2.05, 4.69) is 10.4 Å². The van der Waals surface area contributed by atoms with Gasteiger partial charge in [0.2, 0.25) is 0 Å². The van der Waals surface area contributed by atoms with Gasteiger partial charge in [-0.25, -0.2) is 0 Å². The van der Waals surface area contributed by atoms with Crippen molar-refractivity contribution in [2.45, 2.75) is 32.2 Å². The molecule has 0 aliphatic heterocycles. The fraction of sp³-hybridized carbons (Fsp3) is 0.500. The zero-order valence-electron chi connectivity index (χ0n) is 11.9. The van der Waals surface area contributed by atoms with E-state index in [1.165, 1.54) is 11.3 Å². The maximum absolute atomic E-state index is 12.3. The molecule has 0 aromatic carbocycles. The molecule has 0 spiro atoms. The summed E-state index contributed by atoms with van der Waals surface area (Å²) in [4.78, 5) is 25.1. The van der Waals surface area contributed by atoms with Gasteiger partial charge in [0, 0.05) is 18.5 Å². The van der Waals surface area contributed by atoms with Crippen LogP contribution in [0.3, 0.4) is 0 Å². The first kappa shape index (κ1) is 14.1. The van der Waals surface area contributed by atoms with E-state index in [1.54, 1.807) is 4.68 Å². The summed E-state index contributed by atoms with van der Waals surface area (Å²) in [5.41, 5.74) is 0.895. The van der Waals surface area contributed by atoms with Crippen LogP contribution in [0, 0.1) is 12.8 Å². The monoisotopic (exact) mass is 307 g/mol. The number of carboxylic acid groups (broad SMARTS) is 1. The molecule has 2 aromatic heterocycles. The number of rotatable bonds is 3. The van der Waals surface area contributed by atoms with Crippen molar-refractivity contribution in [3.8, 4) is 0 Å². The second-order valence-corrected chi connectivity index (χ2v) is 6.52. The molecule has 2 N–H and O–H groups in total. The summed E-state index contributed by atoms with van der Waals surface area (Å²) in [5, 5.41) is 17.3. The number of aliphatic carboxylic acids is 1. The Hall–Kier alpha value is -1.89. The van der Waals surface area contributed by atoms with Crippen LogP contribution in [0.15, 0.2) is 6.07 Å². The number of thiophene rings is 1. The van der Waals surface area contributed by atoms with Crippen molar-refractivity contribution in [2.24, 2.45) is 13.0 Å². The topological polar surface area (TPSA) is 84.2 Å². The summed E-state index contributed by atoms with van der Waals surface area (Å²) >= 11 is 1.39. The van der Waals surface area contributed by atoms with Gasteiger partial charge in [-0.05, 0) is 25.8 Å². The maximum atomic E-state index is 12.3. The maximum Gasteiger partial charge on any atom is 0.308 e. The zero-order chi connectivity index (χ0) is 15.1. The number of carbonyl (C=O) groups excluding carboxylic acids is 1. The number of hydrogen-bond acceptors (Lipinski definition) is 4. The van der Waals surface area contributed by atoms with Crippen molar-refractivity contribution in [2.75, 3.05) is 0 Å². The molecule has 0 radical (unpaired) electrons. The van der Waals surface area contributed by atoms with Crippen molar-refractivity contribution >= 4 is 33.4 Å². The zero-order valence-corrected chi connectivity index (χ0v) is 12.7. The van der Waals surface area contributed by atoms with E-state index in [-0.39, 0.29) is 11.9 Å². The lowest BCUT2D eigenvalue weighted by Gasteiger charge is -2.16. The number of aryl methyl sites for hydroxylation is 2. The number of nitrogens with one attached hydrogen (secondary N) is 1. The number of amides is 1. The highest BCUT2D eigenvalue weighted by molar-refractivity contribution is 7.20. The number of hydrogen-bond donors (Lipinski definition) is 2. The molecule has 21 heavy (non-hydrogen) atoms. The summed E-state index contributed by atoms with van der Waals surface area (Å²) in [6.45, 7) is 1.91. The molecule has 2 aromatic rings. The molecule has 7 heteroatoms. The van der Waals surface area contributed by atoms with Crippen molar-refractivity contribution in [3.63, 3.8) is 0 Å². The smallest absolute Gasteiger partial charge is 0.308 e. The molecule has 2 heterocycles. The fourth-order valence-electron chi connectivity index (χ4n) is 2.99. The van der Waals surface area contributed by atoms with Gasteiger partial charge in [-0.2, -0.15) is 5.10 Å².